The van der Waals surface area contributed by atoms with Crippen LogP contribution in [0, 0.1) is 12.8 Å². The average molecular weight is 376 g/mol. The lowest BCUT2D eigenvalue weighted by molar-refractivity contribution is 0.0941. The molecule has 1 aliphatic rings. The van der Waals surface area contributed by atoms with Crippen molar-refractivity contribution in [2.45, 2.75) is 25.7 Å². The average Bonchev–Trinajstić information content (AvgIpc) is 2.46. The molecule has 0 aromatic heterocycles. The van der Waals surface area contributed by atoms with E-state index in [2.05, 4.69) is 10.6 Å². The van der Waals surface area contributed by atoms with Crippen LogP contribution in [0.15, 0.2) is 23.1 Å². The standard InChI is InChI=1S/C16H25N3O3S.ClH/c1-4-19(5-2)23(21,22)14-7-6-12(3)15(8-14)16(20)18-11-13-9-17-10-13;/h6-8,13,17H,4-5,9-11H2,1-3H3,(H,18,20);1H. The van der Waals surface area contributed by atoms with E-state index in [1.807, 2.05) is 6.92 Å². The molecule has 1 aromatic carbocycles. The van der Waals surface area contributed by atoms with Gasteiger partial charge in [-0.25, -0.2) is 8.42 Å². The number of halogens is 1. The number of carbonyl (C=O) groups is 1. The number of nitrogens with one attached hydrogen (secondary N) is 2. The second-order valence-corrected chi connectivity index (χ2v) is 7.74. The lowest BCUT2D eigenvalue weighted by Crippen LogP contribution is -2.48. The molecule has 1 aromatic rings. The van der Waals surface area contributed by atoms with Gasteiger partial charge >= 0.3 is 0 Å². The topological polar surface area (TPSA) is 78.5 Å². The Morgan fingerprint density at radius 1 is 1.29 bits per heavy atom. The minimum Gasteiger partial charge on any atom is -0.352 e. The molecule has 1 aliphatic heterocycles. The molecule has 1 saturated heterocycles. The minimum absolute atomic E-state index is 0. The van der Waals surface area contributed by atoms with Crippen molar-refractivity contribution < 1.29 is 13.2 Å². The summed E-state index contributed by atoms with van der Waals surface area (Å²) in [4.78, 5) is 12.5. The van der Waals surface area contributed by atoms with Gasteiger partial charge in [0.2, 0.25) is 10.0 Å². The minimum atomic E-state index is -3.56. The molecule has 0 saturated carbocycles. The van der Waals surface area contributed by atoms with Gasteiger partial charge in [0.1, 0.15) is 0 Å². The number of rotatable bonds is 7. The summed E-state index contributed by atoms with van der Waals surface area (Å²) in [6.07, 6.45) is 0. The van der Waals surface area contributed by atoms with Gasteiger partial charge in [0.05, 0.1) is 4.90 Å². The van der Waals surface area contributed by atoms with Crippen molar-refractivity contribution >= 4 is 28.3 Å². The van der Waals surface area contributed by atoms with Crippen molar-refractivity contribution in [3.63, 3.8) is 0 Å². The van der Waals surface area contributed by atoms with Crippen molar-refractivity contribution in [1.82, 2.24) is 14.9 Å². The van der Waals surface area contributed by atoms with Crippen LogP contribution in [0.1, 0.15) is 29.8 Å². The Morgan fingerprint density at radius 2 is 1.92 bits per heavy atom. The second-order valence-electron chi connectivity index (χ2n) is 5.80. The van der Waals surface area contributed by atoms with Crippen LogP contribution in [0.3, 0.4) is 0 Å². The van der Waals surface area contributed by atoms with Gasteiger partial charge in [-0.05, 0) is 24.6 Å². The maximum Gasteiger partial charge on any atom is 0.251 e. The van der Waals surface area contributed by atoms with E-state index in [1.165, 1.54) is 10.4 Å². The third-order valence-corrected chi connectivity index (χ3v) is 6.26. The predicted octanol–water partition coefficient (Wildman–Crippen LogP) is 1.40. The Bertz CT molecular complexity index is 671. The molecule has 2 rings (SSSR count). The molecular formula is C16H26ClN3O3S. The summed E-state index contributed by atoms with van der Waals surface area (Å²) >= 11 is 0. The molecule has 1 fully saturated rings. The summed E-state index contributed by atoms with van der Waals surface area (Å²) in [5.74, 6) is 0.243. The van der Waals surface area contributed by atoms with Gasteiger partial charge in [-0.3, -0.25) is 4.79 Å². The Kier molecular flexibility index (Phi) is 7.66. The van der Waals surface area contributed by atoms with E-state index in [4.69, 9.17) is 0 Å². The number of amides is 1. The van der Waals surface area contributed by atoms with Gasteiger partial charge in [-0.2, -0.15) is 4.31 Å². The second kappa shape index (κ2) is 8.80. The molecule has 0 radical (unpaired) electrons. The van der Waals surface area contributed by atoms with Crippen LogP contribution >= 0.6 is 12.4 Å². The first-order valence-electron chi connectivity index (χ1n) is 7.99. The first-order valence-corrected chi connectivity index (χ1v) is 9.43. The van der Waals surface area contributed by atoms with E-state index in [1.54, 1.807) is 26.0 Å². The Morgan fingerprint density at radius 3 is 2.42 bits per heavy atom. The molecule has 6 nitrogen and oxygen atoms in total. The van der Waals surface area contributed by atoms with Crippen molar-refractivity contribution in [3.8, 4) is 0 Å². The fourth-order valence-corrected chi connectivity index (χ4v) is 4.03. The summed E-state index contributed by atoms with van der Waals surface area (Å²) in [5, 5.41) is 6.04. The summed E-state index contributed by atoms with van der Waals surface area (Å²) in [6, 6.07) is 4.74. The Balaban J connectivity index is 0.00000288. The summed E-state index contributed by atoms with van der Waals surface area (Å²) in [6.45, 7) is 8.66. The zero-order valence-electron chi connectivity index (χ0n) is 14.3. The highest BCUT2D eigenvalue weighted by Gasteiger charge is 2.24. The number of aryl methyl sites for hydroxylation is 1. The van der Waals surface area contributed by atoms with Gasteiger partial charge < -0.3 is 10.6 Å². The lowest BCUT2D eigenvalue weighted by atomic mass is 10.0. The third kappa shape index (κ3) is 4.47. The van der Waals surface area contributed by atoms with Crippen molar-refractivity contribution in [2.24, 2.45) is 5.92 Å². The van der Waals surface area contributed by atoms with E-state index in [9.17, 15) is 13.2 Å². The number of sulfonamides is 1. The molecule has 24 heavy (non-hydrogen) atoms. The zero-order chi connectivity index (χ0) is 17.0. The van der Waals surface area contributed by atoms with Crippen LogP contribution in [0.2, 0.25) is 0 Å². The number of carbonyl (C=O) groups excluding carboxylic acids is 1. The van der Waals surface area contributed by atoms with Crippen LogP contribution in [-0.4, -0.2) is 51.4 Å². The van der Waals surface area contributed by atoms with Gasteiger partial charge in [0, 0.05) is 44.2 Å². The first kappa shape index (κ1) is 20.9. The lowest BCUT2D eigenvalue weighted by Gasteiger charge is -2.27. The van der Waals surface area contributed by atoms with E-state index in [-0.39, 0.29) is 23.2 Å². The Hall–Kier alpha value is -1.15. The molecule has 136 valence electrons. The van der Waals surface area contributed by atoms with Gasteiger partial charge in [-0.1, -0.05) is 19.9 Å². The maximum absolute atomic E-state index is 12.6. The van der Waals surface area contributed by atoms with Crippen LogP contribution in [-0.2, 0) is 10.0 Å². The SMILES string of the molecule is CCN(CC)S(=O)(=O)c1ccc(C)c(C(=O)NCC2CNC2)c1.Cl. The molecular weight excluding hydrogens is 350 g/mol. The van der Waals surface area contributed by atoms with Crippen molar-refractivity contribution in [3.05, 3.63) is 29.3 Å². The molecule has 0 atom stereocenters. The Labute approximate surface area is 150 Å². The summed E-state index contributed by atoms with van der Waals surface area (Å²) < 4.78 is 26.6. The van der Waals surface area contributed by atoms with E-state index in [0.29, 0.717) is 31.1 Å². The predicted molar refractivity (Wildman–Crippen MR) is 97.2 cm³/mol. The maximum atomic E-state index is 12.6. The van der Waals surface area contributed by atoms with Gasteiger partial charge in [-0.15, -0.1) is 12.4 Å². The fraction of sp³-hybridized carbons (Fsp3) is 0.562. The summed E-state index contributed by atoms with van der Waals surface area (Å²) in [7, 11) is -3.56. The normalized spacial score (nSPS) is 14.8. The highest BCUT2D eigenvalue weighted by atomic mass is 35.5. The highest BCUT2D eigenvalue weighted by molar-refractivity contribution is 7.89. The van der Waals surface area contributed by atoms with Crippen LogP contribution in [0.5, 0.6) is 0 Å². The molecule has 1 heterocycles. The largest absolute Gasteiger partial charge is 0.352 e. The third-order valence-electron chi connectivity index (χ3n) is 4.21. The van der Waals surface area contributed by atoms with Crippen LogP contribution < -0.4 is 10.6 Å². The molecule has 0 spiro atoms. The summed E-state index contributed by atoms with van der Waals surface area (Å²) in [5.41, 5.74) is 1.19. The number of hydrogen-bond acceptors (Lipinski definition) is 4. The number of nitrogens with zero attached hydrogens (tertiary/aromatic N) is 1. The quantitative estimate of drug-likeness (QED) is 0.755. The zero-order valence-corrected chi connectivity index (χ0v) is 16.0. The number of benzene rings is 1. The monoisotopic (exact) mass is 375 g/mol. The molecule has 0 bridgehead atoms. The van der Waals surface area contributed by atoms with Crippen molar-refractivity contribution in [2.75, 3.05) is 32.7 Å². The van der Waals surface area contributed by atoms with Gasteiger partial charge in [0.25, 0.3) is 5.91 Å². The highest BCUT2D eigenvalue weighted by Crippen LogP contribution is 2.19. The van der Waals surface area contributed by atoms with Crippen LogP contribution in [0.4, 0.5) is 0 Å². The molecule has 8 heteroatoms. The fourth-order valence-electron chi connectivity index (χ4n) is 2.54. The molecule has 0 unspecified atom stereocenters. The van der Waals surface area contributed by atoms with Crippen LogP contribution in [0.25, 0.3) is 0 Å². The number of hydrogen-bond donors (Lipinski definition) is 2. The van der Waals surface area contributed by atoms with E-state index >= 15 is 0 Å². The van der Waals surface area contributed by atoms with E-state index < -0.39 is 10.0 Å². The molecule has 0 aliphatic carbocycles. The first-order chi connectivity index (χ1) is 10.9. The van der Waals surface area contributed by atoms with E-state index in [0.717, 1.165) is 18.7 Å². The van der Waals surface area contributed by atoms with Gasteiger partial charge in [0.15, 0.2) is 0 Å². The molecule has 2 N–H and O–H groups in total. The van der Waals surface area contributed by atoms with Crippen molar-refractivity contribution in [1.29, 1.82) is 0 Å². The smallest absolute Gasteiger partial charge is 0.251 e. The molecule has 1 amide bonds.